The van der Waals surface area contributed by atoms with Gasteiger partial charge in [-0.3, -0.25) is 4.79 Å². The van der Waals surface area contributed by atoms with Gasteiger partial charge in [0.1, 0.15) is 10.7 Å². The first-order chi connectivity index (χ1) is 11.4. The smallest absolute Gasteiger partial charge is 0.286 e. The maximum atomic E-state index is 12.1. The first-order valence-corrected chi connectivity index (χ1v) is 8.94. The molecule has 0 radical (unpaired) electrons. The van der Waals surface area contributed by atoms with Gasteiger partial charge in [0.15, 0.2) is 0 Å². The van der Waals surface area contributed by atoms with Gasteiger partial charge in [-0.2, -0.15) is 8.42 Å². The number of fused-ring (bicyclic) bond motifs is 1. The summed E-state index contributed by atoms with van der Waals surface area (Å²) in [6.07, 6.45) is 0.350. The van der Waals surface area contributed by atoms with Gasteiger partial charge in [-0.25, -0.2) is 0 Å². The monoisotopic (exact) mass is 343 g/mol. The van der Waals surface area contributed by atoms with Crippen LogP contribution in [0.4, 0.5) is 11.4 Å². The Morgan fingerprint density at radius 3 is 2.58 bits per heavy atom. The van der Waals surface area contributed by atoms with E-state index in [1.807, 2.05) is 31.2 Å². The molecule has 1 aliphatic rings. The molecule has 0 atom stereocenters. The first kappa shape index (κ1) is 16.2. The number of para-hydroxylation sites is 1. The fraction of sp³-hybridized carbons (Fsp3) is 0.176. The summed E-state index contributed by atoms with van der Waals surface area (Å²) in [6, 6.07) is 14.0. The van der Waals surface area contributed by atoms with Crippen LogP contribution >= 0.6 is 0 Å². The Hall–Kier alpha value is -2.67. The molecule has 0 unspecified atom stereocenters. The van der Waals surface area contributed by atoms with Crippen LogP contribution in [0.2, 0.25) is 0 Å². The Labute approximate surface area is 140 Å². The van der Waals surface area contributed by atoms with E-state index >= 15 is 0 Å². The molecule has 0 bridgehead atoms. The van der Waals surface area contributed by atoms with E-state index < -0.39 is 10.0 Å². The molecule has 0 aromatic heterocycles. The first-order valence-electron chi connectivity index (χ1n) is 7.50. The van der Waals surface area contributed by atoms with E-state index in [4.69, 9.17) is 0 Å². The Kier molecular flexibility index (Phi) is 4.35. The summed E-state index contributed by atoms with van der Waals surface area (Å²) in [7, 11) is -3.71. The Morgan fingerprint density at radius 1 is 1.12 bits per heavy atom. The van der Waals surface area contributed by atoms with E-state index in [0.717, 1.165) is 5.56 Å². The zero-order chi connectivity index (χ0) is 17.2. The van der Waals surface area contributed by atoms with Crippen LogP contribution in [-0.2, 0) is 14.8 Å². The zero-order valence-corrected chi connectivity index (χ0v) is 13.9. The molecule has 2 N–H and O–H groups in total. The highest BCUT2D eigenvalue weighted by molar-refractivity contribution is 7.90. The molecule has 1 aliphatic heterocycles. The number of carbonyl (C=O) groups excluding carboxylic acids is 1. The maximum Gasteiger partial charge on any atom is 0.286 e. The molecule has 124 valence electrons. The Morgan fingerprint density at radius 2 is 1.83 bits per heavy atom. The van der Waals surface area contributed by atoms with Gasteiger partial charge < -0.3 is 10.6 Å². The van der Waals surface area contributed by atoms with Gasteiger partial charge in [0.05, 0.1) is 5.69 Å². The minimum atomic E-state index is -3.71. The summed E-state index contributed by atoms with van der Waals surface area (Å²) in [6.45, 7) is 1.97. The SMILES string of the molecule is Cc1ccc(NC(=O)CCC2=NS(=O)(=O)c3ccccc3N2)cc1. The molecule has 6 nitrogen and oxygen atoms in total. The van der Waals surface area contributed by atoms with Crippen molar-refractivity contribution in [1.29, 1.82) is 0 Å². The number of anilines is 2. The van der Waals surface area contributed by atoms with Crippen molar-refractivity contribution in [1.82, 2.24) is 0 Å². The molecule has 1 heterocycles. The lowest BCUT2D eigenvalue weighted by Gasteiger charge is -2.17. The fourth-order valence-electron chi connectivity index (χ4n) is 2.37. The highest BCUT2D eigenvalue weighted by atomic mass is 32.2. The summed E-state index contributed by atoms with van der Waals surface area (Å²) >= 11 is 0. The van der Waals surface area contributed by atoms with E-state index in [1.54, 1.807) is 18.2 Å². The summed E-state index contributed by atoms with van der Waals surface area (Å²) in [5.41, 5.74) is 2.31. The highest BCUT2D eigenvalue weighted by Gasteiger charge is 2.24. The summed E-state index contributed by atoms with van der Waals surface area (Å²) in [5, 5.41) is 5.75. The summed E-state index contributed by atoms with van der Waals surface area (Å²) in [5.74, 6) is 0.0763. The van der Waals surface area contributed by atoms with Crippen molar-refractivity contribution in [2.45, 2.75) is 24.7 Å². The molecular weight excluding hydrogens is 326 g/mol. The number of sulfonamides is 1. The third kappa shape index (κ3) is 3.62. The van der Waals surface area contributed by atoms with E-state index in [9.17, 15) is 13.2 Å². The molecule has 1 amide bonds. The van der Waals surface area contributed by atoms with E-state index in [1.165, 1.54) is 6.07 Å². The quantitative estimate of drug-likeness (QED) is 0.893. The number of amides is 1. The number of amidine groups is 1. The molecule has 2 aromatic carbocycles. The Balaban J connectivity index is 1.64. The lowest BCUT2D eigenvalue weighted by molar-refractivity contribution is -0.116. The average Bonchev–Trinajstić information content (AvgIpc) is 2.55. The predicted octanol–water partition coefficient (Wildman–Crippen LogP) is 2.93. The lowest BCUT2D eigenvalue weighted by atomic mass is 10.2. The van der Waals surface area contributed by atoms with Crippen LogP contribution in [0.25, 0.3) is 0 Å². The van der Waals surface area contributed by atoms with Crippen molar-refractivity contribution in [2.75, 3.05) is 10.6 Å². The van der Waals surface area contributed by atoms with Gasteiger partial charge in [0.2, 0.25) is 5.91 Å². The molecule has 0 saturated carbocycles. The van der Waals surface area contributed by atoms with Crippen LogP contribution in [0.1, 0.15) is 18.4 Å². The van der Waals surface area contributed by atoms with Crippen molar-refractivity contribution in [3.05, 3.63) is 54.1 Å². The maximum absolute atomic E-state index is 12.1. The number of hydrogen-bond acceptors (Lipinski definition) is 4. The van der Waals surface area contributed by atoms with Crippen molar-refractivity contribution in [3.63, 3.8) is 0 Å². The van der Waals surface area contributed by atoms with Crippen molar-refractivity contribution >= 4 is 33.1 Å². The molecule has 2 aromatic rings. The molecule has 3 rings (SSSR count). The van der Waals surface area contributed by atoms with Gasteiger partial charge >= 0.3 is 0 Å². The van der Waals surface area contributed by atoms with E-state index in [0.29, 0.717) is 11.4 Å². The predicted molar refractivity (Wildman–Crippen MR) is 93.7 cm³/mol. The van der Waals surface area contributed by atoms with Gasteiger partial charge in [0, 0.05) is 18.5 Å². The van der Waals surface area contributed by atoms with Gasteiger partial charge in [-0.05, 0) is 31.2 Å². The van der Waals surface area contributed by atoms with Crippen LogP contribution in [0.15, 0.2) is 57.8 Å². The second kappa shape index (κ2) is 6.45. The number of nitrogens with one attached hydrogen (secondary N) is 2. The number of benzene rings is 2. The van der Waals surface area contributed by atoms with Crippen molar-refractivity contribution < 1.29 is 13.2 Å². The van der Waals surface area contributed by atoms with Crippen LogP contribution in [0.5, 0.6) is 0 Å². The molecular formula is C17H17N3O3S. The number of carbonyl (C=O) groups is 1. The summed E-state index contributed by atoms with van der Waals surface area (Å²) < 4.78 is 28.0. The largest absolute Gasteiger partial charge is 0.342 e. The molecule has 0 spiro atoms. The molecule has 0 aliphatic carbocycles. The second-order valence-electron chi connectivity index (χ2n) is 5.55. The topological polar surface area (TPSA) is 87.6 Å². The highest BCUT2D eigenvalue weighted by Crippen LogP contribution is 2.27. The molecule has 24 heavy (non-hydrogen) atoms. The average molecular weight is 343 g/mol. The molecule has 0 fully saturated rings. The lowest BCUT2D eigenvalue weighted by Crippen LogP contribution is -2.23. The minimum absolute atomic E-state index is 0.136. The third-order valence-corrected chi connectivity index (χ3v) is 4.97. The van der Waals surface area contributed by atoms with Gasteiger partial charge in [-0.1, -0.05) is 29.8 Å². The van der Waals surface area contributed by atoms with Crippen LogP contribution in [0, 0.1) is 6.92 Å². The minimum Gasteiger partial charge on any atom is -0.342 e. The second-order valence-corrected chi connectivity index (χ2v) is 7.12. The van der Waals surface area contributed by atoms with Crippen molar-refractivity contribution in [3.8, 4) is 0 Å². The molecule has 7 heteroatoms. The van der Waals surface area contributed by atoms with Crippen molar-refractivity contribution in [2.24, 2.45) is 4.40 Å². The normalized spacial score (nSPS) is 15.0. The van der Waals surface area contributed by atoms with Crippen LogP contribution < -0.4 is 10.6 Å². The van der Waals surface area contributed by atoms with E-state index in [2.05, 4.69) is 15.0 Å². The number of nitrogens with zero attached hydrogens (tertiary/aromatic N) is 1. The van der Waals surface area contributed by atoms with E-state index in [-0.39, 0.29) is 29.5 Å². The third-order valence-electron chi connectivity index (χ3n) is 3.60. The molecule has 0 saturated heterocycles. The zero-order valence-electron chi connectivity index (χ0n) is 13.1. The van der Waals surface area contributed by atoms with Crippen LogP contribution in [-0.4, -0.2) is 20.2 Å². The standard InChI is InChI=1S/C17H17N3O3S/c1-12-6-8-13(9-7-12)18-17(21)11-10-16-19-14-4-2-3-5-15(14)24(22,23)20-16/h2-9H,10-11H2,1H3,(H,18,21)(H,19,20). The number of rotatable bonds is 4. The van der Waals surface area contributed by atoms with Crippen LogP contribution in [0.3, 0.4) is 0 Å². The number of aryl methyl sites for hydroxylation is 1. The van der Waals surface area contributed by atoms with Gasteiger partial charge in [-0.15, -0.1) is 4.40 Å². The number of hydrogen-bond donors (Lipinski definition) is 2. The summed E-state index contributed by atoms with van der Waals surface area (Å²) in [4.78, 5) is 12.2. The Bertz CT molecular complexity index is 903. The van der Waals surface area contributed by atoms with Gasteiger partial charge in [0.25, 0.3) is 10.0 Å². The fourth-order valence-corrected chi connectivity index (χ4v) is 3.54.